The van der Waals surface area contributed by atoms with Gasteiger partial charge < -0.3 is 29.3 Å². The van der Waals surface area contributed by atoms with Crippen molar-refractivity contribution in [2.24, 2.45) is 0 Å². The minimum absolute atomic E-state index is 0.0177. The van der Waals surface area contributed by atoms with Gasteiger partial charge in [0.1, 0.15) is 11.5 Å². The van der Waals surface area contributed by atoms with Crippen LogP contribution in [0, 0.1) is 0 Å². The van der Waals surface area contributed by atoms with Crippen LogP contribution in [0.15, 0.2) is 72.3 Å². The first-order valence-electron chi connectivity index (χ1n) is 11.3. The summed E-state index contributed by atoms with van der Waals surface area (Å²) in [7, 11) is 4.46. The minimum Gasteiger partial charge on any atom is -0.507 e. The second-order valence-corrected chi connectivity index (χ2v) is 8.27. The quantitative estimate of drug-likeness (QED) is 0.268. The SMILES string of the molecule is COc1ccc(C2/C(=C(/O)c3ccc(OC)c(OC)c3)C(=O)C(=O)N2Cc2ccc(C(=O)O)cc2)cc1. The molecule has 0 aromatic heterocycles. The standard InChI is InChI=1S/C28H25NO8/c1-35-20-11-8-17(9-12-20)24-23(25(30)19-10-13-21(36-2)22(14-19)37-3)26(31)27(32)29(24)15-16-4-6-18(7-5-16)28(33)34/h4-14,24,30H,15H2,1-3H3,(H,33,34)/b25-23-. The summed E-state index contributed by atoms with van der Waals surface area (Å²) in [4.78, 5) is 39.1. The van der Waals surface area contributed by atoms with E-state index in [0.717, 1.165) is 0 Å². The van der Waals surface area contributed by atoms with E-state index in [0.29, 0.717) is 28.4 Å². The summed E-state index contributed by atoms with van der Waals surface area (Å²) in [6.45, 7) is 0.0177. The summed E-state index contributed by atoms with van der Waals surface area (Å²) in [5, 5.41) is 20.5. The lowest BCUT2D eigenvalue weighted by atomic mass is 9.95. The monoisotopic (exact) mass is 503 g/mol. The lowest BCUT2D eigenvalue weighted by molar-refractivity contribution is -0.140. The Morgan fingerprint density at radius 1 is 0.811 bits per heavy atom. The van der Waals surface area contributed by atoms with Crippen molar-refractivity contribution in [1.29, 1.82) is 0 Å². The van der Waals surface area contributed by atoms with Crippen molar-refractivity contribution in [2.45, 2.75) is 12.6 Å². The van der Waals surface area contributed by atoms with E-state index in [-0.39, 0.29) is 29.0 Å². The summed E-state index contributed by atoms with van der Waals surface area (Å²) in [6, 6.07) is 16.7. The molecule has 0 aliphatic carbocycles. The number of amides is 1. The van der Waals surface area contributed by atoms with E-state index in [4.69, 9.17) is 14.2 Å². The molecule has 0 radical (unpaired) electrons. The number of aliphatic hydroxyl groups excluding tert-OH is 1. The molecule has 1 unspecified atom stereocenters. The van der Waals surface area contributed by atoms with Crippen LogP contribution < -0.4 is 14.2 Å². The number of Topliss-reactive ketones (excluding diaryl/α,β-unsaturated/α-hetero) is 1. The van der Waals surface area contributed by atoms with Crippen LogP contribution >= 0.6 is 0 Å². The van der Waals surface area contributed by atoms with E-state index in [1.165, 1.54) is 44.4 Å². The summed E-state index contributed by atoms with van der Waals surface area (Å²) in [6.07, 6.45) is 0. The highest BCUT2D eigenvalue weighted by Gasteiger charge is 2.46. The van der Waals surface area contributed by atoms with Gasteiger partial charge in [0, 0.05) is 12.1 Å². The first kappa shape index (κ1) is 25.3. The number of carboxylic acids is 1. The summed E-state index contributed by atoms with van der Waals surface area (Å²) < 4.78 is 15.8. The molecule has 1 fully saturated rings. The van der Waals surface area contributed by atoms with Crippen LogP contribution in [0.25, 0.3) is 5.76 Å². The zero-order chi connectivity index (χ0) is 26.7. The van der Waals surface area contributed by atoms with Gasteiger partial charge in [-0.3, -0.25) is 9.59 Å². The Hall–Kier alpha value is -4.79. The van der Waals surface area contributed by atoms with Crippen molar-refractivity contribution in [3.8, 4) is 17.2 Å². The van der Waals surface area contributed by atoms with Gasteiger partial charge in [0.15, 0.2) is 11.5 Å². The molecule has 3 aromatic carbocycles. The Morgan fingerprint density at radius 3 is 2.00 bits per heavy atom. The Morgan fingerprint density at radius 2 is 1.43 bits per heavy atom. The molecular formula is C28H25NO8. The van der Waals surface area contributed by atoms with Crippen LogP contribution in [0.4, 0.5) is 0 Å². The molecule has 1 aliphatic rings. The number of carbonyl (C=O) groups excluding carboxylic acids is 2. The number of carbonyl (C=O) groups is 3. The number of carboxylic acid groups (broad SMARTS) is 1. The van der Waals surface area contributed by atoms with Crippen LogP contribution in [0.2, 0.25) is 0 Å². The van der Waals surface area contributed by atoms with E-state index in [9.17, 15) is 24.6 Å². The third kappa shape index (κ3) is 4.84. The molecule has 9 heteroatoms. The molecule has 1 aliphatic heterocycles. The van der Waals surface area contributed by atoms with Crippen molar-refractivity contribution in [3.63, 3.8) is 0 Å². The molecule has 37 heavy (non-hydrogen) atoms. The summed E-state index contributed by atoms with van der Waals surface area (Å²) in [5.74, 6) is -1.68. The molecule has 2 N–H and O–H groups in total. The third-order valence-corrected chi connectivity index (χ3v) is 6.18. The number of ketones is 1. The molecule has 1 heterocycles. The van der Waals surface area contributed by atoms with E-state index in [1.54, 1.807) is 48.5 Å². The van der Waals surface area contributed by atoms with Gasteiger partial charge in [-0.2, -0.15) is 0 Å². The second kappa shape index (κ2) is 10.4. The molecule has 0 saturated carbocycles. The number of likely N-dealkylation sites (tertiary alicyclic amines) is 1. The number of nitrogens with zero attached hydrogens (tertiary/aromatic N) is 1. The smallest absolute Gasteiger partial charge is 0.335 e. The highest BCUT2D eigenvalue weighted by molar-refractivity contribution is 6.46. The van der Waals surface area contributed by atoms with Gasteiger partial charge in [0.25, 0.3) is 11.7 Å². The molecule has 9 nitrogen and oxygen atoms in total. The van der Waals surface area contributed by atoms with Crippen molar-refractivity contribution < 1.29 is 38.8 Å². The van der Waals surface area contributed by atoms with Crippen molar-refractivity contribution in [2.75, 3.05) is 21.3 Å². The maximum Gasteiger partial charge on any atom is 0.335 e. The number of hydrogen-bond donors (Lipinski definition) is 2. The molecule has 1 atom stereocenters. The zero-order valence-corrected chi connectivity index (χ0v) is 20.4. The fraction of sp³-hybridized carbons (Fsp3) is 0.179. The maximum atomic E-state index is 13.3. The van der Waals surface area contributed by atoms with Crippen LogP contribution in [0.1, 0.15) is 33.1 Å². The zero-order valence-electron chi connectivity index (χ0n) is 20.4. The van der Waals surface area contributed by atoms with Gasteiger partial charge in [0.2, 0.25) is 0 Å². The van der Waals surface area contributed by atoms with Crippen LogP contribution in [0.5, 0.6) is 17.2 Å². The number of hydrogen-bond acceptors (Lipinski definition) is 7. The largest absolute Gasteiger partial charge is 0.507 e. The van der Waals surface area contributed by atoms with Crippen molar-refractivity contribution in [3.05, 3.63) is 94.6 Å². The molecule has 1 amide bonds. The maximum absolute atomic E-state index is 13.3. The molecule has 3 aromatic rings. The van der Waals surface area contributed by atoms with E-state index in [2.05, 4.69) is 0 Å². The number of benzene rings is 3. The predicted molar refractivity (Wildman–Crippen MR) is 134 cm³/mol. The van der Waals surface area contributed by atoms with Crippen molar-refractivity contribution in [1.82, 2.24) is 4.90 Å². The normalized spacial score (nSPS) is 16.5. The van der Waals surface area contributed by atoms with Gasteiger partial charge in [-0.15, -0.1) is 0 Å². The Kier molecular flexibility index (Phi) is 7.15. The second-order valence-electron chi connectivity index (χ2n) is 8.27. The minimum atomic E-state index is -1.07. The molecule has 1 saturated heterocycles. The Balaban J connectivity index is 1.83. The fourth-order valence-corrected chi connectivity index (χ4v) is 4.26. The van der Waals surface area contributed by atoms with Gasteiger partial charge in [-0.25, -0.2) is 4.79 Å². The van der Waals surface area contributed by atoms with Gasteiger partial charge >= 0.3 is 5.97 Å². The topological polar surface area (TPSA) is 123 Å². The van der Waals surface area contributed by atoms with E-state index < -0.39 is 23.7 Å². The Labute approximate surface area is 213 Å². The molecular weight excluding hydrogens is 478 g/mol. The molecule has 0 bridgehead atoms. The highest BCUT2D eigenvalue weighted by Crippen LogP contribution is 2.41. The van der Waals surface area contributed by atoms with Gasteiger partial charge in [0.05, 0.1) is 38.5 Å². The van der Waals surface area contributed by atoms with Crippen molar-refractivity contribution >= 4 is 23.4 Å². The van der Waals surface area contributed by atoms with E-state index in [1.807, 2.05) is 0 Å². The lowest BCUT2D eigenvalue weighted by Gasteiger charge is -2.25. The van der Waals surface area contributed by atoms with Crippen LogP contribution in [0.3, 0.4) is 0 Å². The first-order chi connectivity index (χ1) is 17.8. The third-order valence-electron chi connectivity index (χ3n) is 6.18. The molecule has 4 rings (SSSR count). The molecule has 190 valence electrons. The predicted octanol–water partition coefficient (Wildman–Crippen LogP) is 4.03. The highest BCUT2D eigenvalue weighted by atomic mass is 16.5. The van der Waals surface area contributed by atoms with E-state index >= 15 is 0 Å². The average Bonchev–Trinajstić information content (AvgIpc) is 3.17. The van der Waals surface area contributed by atoms with Gasteiger partial charge in [-0.1, -0.05) is 24.3 Å². The van der Waals surface area contributed by atoms with Gasteiger partial charge in [-0.05, 0) is 53.6 Å². The van der Waals surface area contributed by atoms with Crippen LogP contribution in [-0.2, 0) is 16.1 Å². The fourth-order valence-electron chi connectivity index (χ4n) is 4.26. The first-order valence-corrected chi connectivity index (χ1v) is 11.3. The average molecular weight is 504 g/mol. The number of aliphatic hydroxyl groups is 1. The number of aromatic carboxylic acids is 1. The number of rotatable bonds is 8. The molecule has 0 spiro atoms. The lowest BCUT2D eigenvalue weighted by Crippen LogP contribution is -2.29. The number of methoxy groups -OCH3 is 3. The summed E-state index contributed by atoms with van der Waals surface area (Å²) in [5.41, 5.74) is 1.51. The Bertz CT molecular complexity index is 1380. The number of ether oxygens (including phenoxy) is 3. The summed E-state index contributed by atoms with van der Waals surface area (Å²) >= 11 is 0. The van der Waals surface area contributed by atoms with Crippen LogP contribution in [-0.4, -0.2) is 54.1 Å².